The standard InChI is InChI=1S/C14H24N4O3/c1-14(2,3)6-10(5-11(19)20)17-13(21)12(15)9-7-16-18(4)8-9/h7-8,10,12H,5-6,15H2,1-4H3,(H,17,21)(H,19,20). The number of carbonyl (C=O) groups excluding carboxylic acids is 1. The fraction of sp³-hybridized carbons (Fsp3) is 0.643. The Morgan fingerprint density at radius 2 is 2.10 bits per heavy atom. The van der Waals surface area contributed by atoms with Crippen LogP contribution in [0.1, 0.15) is 45.2 Å². The van der Waals surface area contributed by atoms with Crippen molar-refractivity contribution in [1.82, 2.24) is 15.1 Å². The molecule has 0 spiro atoms. The minimum absolute atomic E-state index is 0.0915. The highest BCUT2D eigenvalue weighted by Crippen LogP contribution is 2.22. The van der Waals surface area contributed by atoms with Gasteiger partial charge < -0.3 is 16.2 Å². The average Bonchev–Trinajstić information content (AvgIpc) is 2.71. The van der Waals surface area contributed by atoms with Crippen molar-refractivity contribution in [3.63, 3.8) is 0 Å². The van der Waals surface area contributed by atoms with Crippen molar-refractivity contribution < 1.29 is 14.7 Å². The summed E-state index contributed by atoms with van der Waals surface area (Å²) in [6, 6.07) is -1.30. The normalized spacial score (nSPS) is 14.5. The number of hydrogen-bond acceptors (Lipinski definition) is 4. The molecule has 0 aromatic carbocycles. The van der Waals surface area contributed by atoms with Crippen LogP contribution < -0.4 is 11.1 Å². The zero-order valence-corrected chi connectivity index (χ0v) is 13.0. The van der Waals surface area contributed by atoms with E-state index in [0.29, 0.717) is 12.0 Å². The van der Waals surface area contributed by atoms with Crippen LogP contribution in [0.15, 0.2) is 12.4 Å². The monoisotopic (exact) mass is 296 g/mol. The summed E-state index contributed by atoms with van der Waals surface area (Å²) in [6.07, 6.45) is 3.63. The Bertz CT molecular complexity index is 505. The Hall–Kier alpha value is -1.89. The van der Waals surface area contributed by atoms with Crippen molar-refractivity contribution in [2.75, 3.05) is 0 Å². The number of aromatic nitrogens is 2. The number of aliphatic carboxylic acids is 1. The molecule has 21 heavy (non-hydrogen) atoms. The fourth-order valence-electron chi connectivity index (χ4n) is 2.17. The zero-order chi connectivity index (χ0) is 16.2. The first-order chi connectivity index (χ1) is 9.58. The number of nitrogens with one attached hydrogen (secondary N) is 1. The van der Waals surface area contributed by atoms with Gasteiger partial charge in [-0.05, 0) is 11.8 Å². The summed E-state index contributed by atoms with van der Waals surface area (Å²) in [5, 5.41) is 15.7. The van der Waals surface area contributed by atoms with Gasteiger partial charge in [-0.1, -0.05) is 20.8 Å². The van der Waals surface area contributed by atoms with Crippen molar-refractivity contribution in [3.05, 3.63) is 18.0 Å². The van der Waals surface area contributed by atoms with E-state index in [9.17, 15) is 9.59 Å². The Morgan fingerprint density at radius 1 is 1.48 bits per heavy atom. The molecule has 4 N–H and O–H groups in total. The van der Waals surface area contributed by atoms with E-state index in [1.807, 2.05) is 20.8 Å². The first-order valence-corrected chi connectivity index (χ1v) is 6.85. The van der Waals surface area contributed by atoms with Crippen molar-refractivity contribution in [2.24, 2.45) is 18.2 Å². The van der Waals surface area contributed by atoms with Crippen LogP contribution in [0.25, 0.3) is 0 Å². The van der Waals surface area contributed by atoms with Gasteiger partial charge in [-0.15, -0.1) is 0 Å². The number of carboxylic acid groups (broad SMARTS) is 1. The Labute approximate surface area is 124 Å². The van der Waals surface area contributed by atoms with Crippen LogP contribution in [-0.4, -0.2) is 32.8 Å². The number of carboxylic acids is 1. The number of hydrogen-bond donors (Lipinski definition) is 3. The summed E-state index contributed by atoms with van der Waals surface area (Å²) in [7, 11) is 1.74. The highest BCUT2D eigenvalue weighted by Gasteiger charge is 2.25. The molecule has 1 rings (SSSR count). The Morgan fingerprint density at radius 3 is 2.52 bits per heavy atom. The molecule has 0 saturated carbocycles. The van der Waals surface area contributed by atoms with Gasteiger partial charge >= 0.3 is 5.97 Å². The second-order valence-corrected chi connectivity index (χ2v) is 6.49. The maximum atomic E-state index is 12.2. The van der Waals surface area contributed by atoms with Crippen molar-refractivity contribution in [1.29, 1.82) is 0 Å². The number of rotatable bonds is 6. The van der Waals surface area contributed by atoms with E-state index in [4.69, 9.17) is 10.8 Å². The topological polar surface area (TPSA) is 110 Å². The molecule has 0 radical (unpaired) electrons. The van der Waals surface area contributed by atoms with Gasteiger partial charge in [0.1, 0.15) is 6.04 Å². The first kappa shape index (κ1) is 17.2. The van der Waals surface area contributed by atoms with E-state index >= 15 is 0 Å². The smallest absolute Gasteiger partial charge is 0.305 e. The van der Waals surface area contributed by atoms with Crippen LogP contribution in [0.4, 0.5) is 0 Å². The molecule has 7 nitrogen and oxygen atoms in total. The molecule has 0 bridgehead atoms. The molecule has 2 unspecified atom stereocenters. The number of aryl methyl sites for hydroxylation is 1. The summed E-state index contributed by atoms with van der Waals surface area (Å²) in [5.41, 5.74) is 6.39. The van der Waals surface area contributed by atoms with E-state index in [1.54, 1.807) is 17.9 Å². The molecule has 7 heteroatoms. The second kappa shape index (κ2) is 6.71. The largest absolute Gasteiger partial charge is 0.481 e. The van der Waals surface area contributed by atoms with E-state index in [0.717, 1.165) is 0 Å². The lowest BCUT2D eigenvalue weighted by Crippen LogP contribution is -2.43. The summed E-state index contributed by atoms with van der Waals surface area (Å²) in [6.45, 7) is 5.99. The third kappa shape index (κ3) is 5.95. The predicted molar refractivity (Wildman–Crippen MR) is 78.4 cm³/mol. The van der Waals surface area contributed by atoms with Gasteiger partial charge in [-0.2, -0.15) is 5.10 Å². The van der Waals surface area contributed by atoms with Gasteiger partial charge in [0.05, 0.1) is 12.6 Å². The number of nitrogens with zero attached hydrogens (tertiary/aromatic N) is 2. The van der Waals surface area contributed by atoms with Crippen LogP contribution in [0.3, 0.4) is 0 Å². The Kier molecular flexibility index (Phi) is 5.48. The van der Waals surface area contributed by atoms with Gasteiger partial charge in [-0.3, -0.25) is 14.3 Å². The number of nitrogens with two attached hydrogens (primary N) is 1. The quantitative estimate of drug-likeness (QED) is 0.719. The minimum atomic E-state index is -0.945. The van der Waals surface area contributed by atoms with Crippen LogP contribution in [0.5, 0.6) is 0 Å². The average molecular weight is 296 g/mol. The first-order valence-electron chi connectivity index (χ1n) is 6.85. The van der Waals surface area contributed by atoms with E-state index in [1.165, 1.54) is 6.20 Å². The molecule has 0 aliphatic carbocycles. The van der Waals surface area contributed by atoms with Gasteiger partial charge in [0, 0.05) is 24.8 Å². The highest BCUT2D eigenvalue weighted by molar-refractivity contribution is 5.83. The highest BCUT2D eigenvalue weighted by atomic mass is 16.4. The third-order valence-corrected chi connectivity index (χ3v) is 2.99. The molecule has 0 saturated heterocycles. The van der Waals surface area contributed by atoms with Crippen LogP contribution in [0, 0.1) is 5.41 Å². The lowest BCUT2D eigenvalue weighted by atomic mass is 9.87. The van der Waals surface area contributed by atoms with Gasteiger partial charge in [-0.25, -0.2) is 0 Å². The maximum Gasteiger partial charge on any atom is 0.305 e. The molecular formula is C14H24N4O3. The third-order valence-electron chi connectivity index (χ3n) is 2.99. The summed E-state index contributed by atoms with van der Waals surface area (Å²) in [5.74, 6) is -1.34. The Balaban J connectivity index is 2.72. The molecule has 0 fully saturated rings. The summed E-state index contributed by atoms with van der Waals surface area (Å²) in [4.78, 5) is 23.1. The molecule has 1 aromatic rings. The molecule has 1 aromatic heterocycles. The summed E-state index contributed by atoms with van der Waals surface area (Å²) < 4.78 is 1.56. The molecule has 118 valence electrons. The summed E-state index contributed by atoms with van der Waals surface area (Å²) >= 11 is 0. The van der Waals surface area contributed by atoms with Gasteiger partial charge in [0.2, 0.25) is 5.91 Å². The van der Waals surface area contributed by atoms with E-state index in [2.05, 4.69) is 10.4 Å². The number of amides is 1. The molecule has 0 aliphatic heterocycles. The molecule has 1 heterocycles. The number of carbonyl (C=O) groups is 2. The van der Waals surface area contributed by atoms with Crippen LogP contribution in [0.2, 0.25) is 0 Å². The lowest BCUT2D eigenvalue weighted by molar-refractivity contribution is -0.138. The van der Waals surface area contributed by atoms with Crippen LogP contribution >= 0.6 is 0 Å². The van der Waals surface area contributed by atoms with Crippen LogP contribution in [-0.2, 0) is 16.6 Å². The second-order valence-electron chi connectivity index (χ2n) is 6.49. The molecule has 1 amide bonds. The lowest BCUT2D eigenvalue weighted by Gasteiger charge is -2.26. The zero-order valence-electron chi connectivity index (χ0n) is 13.0. The SMILES string of the molecule is Cn1cc(C(N)C(=O)NC(CC(=O)O)CC(C)(C)C)cn1. The fourth-order valence-corrected chi connectivity index (χ4v) is 2.17. The van der Waals surface area contributed by atoms with Gasteiger partial charge in [0.25, 0.3) is 0 Å². The van der Waals surface area contributed by atoms with E-state index in [-0.39, 0.29) is 11.8 Å². The molecular weight excluding hydrogens is 272 g/mol. The van der Waals surface area contributed by atoms with Crippen molar-refractivity contribution in [2.45, 2.75) is 45.7 Å². The van der Waals surface area contributed by atoms with E-state index < -0.39 is 24.0 Å². The van der Waals surface area contributed by atoms with Gasteiger partial charge in [0.15, 0.2) is 0 Å². The predicted octanol–water partition coefficient (Wildman–Crippen LogP) is 0.816. The molecule has 2 atom stereocenters. The minimum Gasteiger partial charge on any atom is -0.481 e. The van der Waals surface area contributed by atoms with Crippen molar-refractivity contribution >= 4 is 11.9 Å². The maximum absolute atomic E-state index is 12.2. The molecule has 0 aliphatic rings. The van der Waals surface area contributed by atoms with Crippen molar-refractivity contribution in [3.8, 4) is 0 Å².